The molecule has 1 aliphatic rings. The first-order valence-electron chi connectivity index (χ1n) is 13.2. The Labute approximate surface area is 218 Å². The van der Waals surface area contributed by atoms with E-state index in [4.69, 9.17) is 4.42 Å². The van der Waals surface area contributed by atoms with Crippen LogP contribution in [0.3, 0.4) is 0 Å². The smallest absolute Gasteiger partial charge is 0.343 e. The highest BCUT2D eigenvalue weighted by molar-refractivity contribution is 6.05. The van der Waals surface area contributed by atoms with E-state index in [0.717, 1.165) is 54.9 Å². The number of hydrogen-bond acceptors (Lipinski definition) is 5. The lowest BCUT2D eigenvalue weighted by atomic mass is 9.81. The Morgan fingerprint density at radius 3 is 2.51 bits per heavy atom. The maximum absolute atomic E-state index is 12.9. The molecule has 0 amide bonds. The van der Waals surface area contributed by atoms with Gasteiger partial charge in [0.05, 0.1) is 11.0 Å². The quantitative estimate of drug-likeness (QED) is 0.209. The van der Waals surface area contributed by atoms with Crippen molar-refractivity contribution < 1.29 is 18.9 Å². The number of rotatable bonds is 11. The molecule has 37 heavy (non-hydrogen) atoms. The number of allylic oxidation sites excluding steroid dienone is 1. The molecule has 4 rings (SSSR count). The van der Waals surface area contributed by atoms with E-state index >= 15 is 0 Å². The molecule has 0 radical (unpaired) electrons. The summed E-state index contributed by atoms with van der Waals surface area (Å²) in [5, 5.41) is 11.6. The van der Waals surface area contributed by atoms with Crippen molar-refractivity contribution in [1.82, 2.24) is 0 Å². The standard InChI is InChI=1S/C31H36N2O4/c1-5-32(6-2)24-17-15-22-20-23(30(36)37-27(22)21-24)16-18-28-31(3,4)25-12-9-10-13-26(25)33(28)19-11-7-8-14-29(34)35/h9-10,12-13,15-18,20-21H,5-8,11,14,19H2,1-4H3. The first-order valence-corrected chi connectivity index (χ1v) is 13.2. The molecule has 2 heterocycles. The van der Waals surface area contributed by atoms with Crippen LogP contribution >= 0.6 is 0 Å². The van der Waals surface area contributed by atoms with Crippen LogP contribution in [0.4, 0.5) is 11.4 Å². The highest BCUT2D eigenvalue weighted by Gasteiger charge is 2.43. The van der Waals surface area contributed by atoms with Gasteiger partial charge in [-0.3, -0.25) is 0 Å². The van der Waals surface area contributed by atoms with E-state index in [2.05, 4.69) is 61.4 Å². The number of nitrogens with zero attached hydrogens (tertiary/aromatic N) is 2. The fraction of sp³-hybridized carbons (Fsp3) is 0.387. The number of aliphatic carboxylic acids is 1. The lowest BCUT2D eigenvalue weighted by Crippen LogP contribution is -2.28. The van der Waals surface area contributed by atoms with Crippen molar-refractivity contribution in [3.8, 4) is 0 Å². The van der Waals surface area contributed by atoms with Crippen molar-refractivity contribution in [3.63, 3.8) is 0 Å². The first-order chi connectivity index (χ1) is 17.8. The van der Waals surface area contributed by atoms with Gasteiger partial charge in [-0.05, 0) is 71.2 Å². The van der Waals surface area contributed by atoms with Crippen LogP contribution in [-0.4, -0.2) is 35.9 Å². The third kappa shape index (κ3) is 5.53. The van der Waals surface area contributed by atoms with E-state index in [1.165, 1.54) is 5.56 Å². The Hall–Kier alpha value is -3.67. The molecule has 0 fully saturated rings. The third-order valence-corrected chi connectivity index (χ3v) is 7.36. The van der Waals surface area contributed by atoms with Gasteiger partial charge >= 0.3 is 5.63 Å². The zero-order valence-electron chi connectivity index (χ0n) is 22.3. The zero-order chi connectivity index (χ0) is 26.6. The SMILES string of the molecule is CCN(CC)c1ccc2cc(/C=C/C3=[N+](CCCCCC(=O)[O-])c4ccccc4C3(C)C)c(=O)oc2c1. The number of para-hydroxylation sites is 1. The topological polar surface area (TPSA) is 76.6 Å². The number of carboxylic acid groups (broad SMARTS) is 1. The minimum atomic E-state index is -0.999. The number of carboxylic acids is 1. The molecule has 2 aromatic carbocycles. The van der Waals surface area contributed by atoms with Crippen LogP contribution in [0, 0.1) is 0 Å². The Morgan fingerprint density at radius 1 is 1.03 bits per heavy atom. The van der Waals surface area contributed by atoms with E-state index in [-0.39, 0.29) is 17.5 Å². The molecule has 0 bridgehead atoms. The van der Waals surface area contributed by atoms with Gasteiger partial charge in [0.15, 0.2) is 5.71 Å². The summed E-state index contributed by atoms with van der Waals surface area (Å²) < 4.78 is 8.03. The molecular weight excluding hydrogens is 464 g/mol. The highest BCUT2D eigenvalue weighted by Crippen LogP contribution is 2.40. The van der Waals surface area contributed by atoms with Crippen LogP contribution in [0.25, 0.3) is 17.0 Å². The van der Waals surface area contributed by atoms with Crippen molar-refractivity contribution in [2.75, 3.05) is 24.5 Å². The summed E-state index contributed by atoms with van der Waals surface area (Å²) in [7, 11) is 0. The molecule has 1 aliphatic heterocycles. The molecule has 3 aromatic rings. The van der Waals surface area contributed by atoms with Gasteiger partial charge in [0.1, 0.15) is 12.1 Å². The van der Waals surface area contributed by atoms with Crippen LogP contribution in [0.5, 0.6) is 0 Å². The van der Waals surface area contributed by atoms with Crippen molar-refractivity contribution >= 4 is 40.1 Å². The van der Waals surface area contributed by atoms with Crippen LogP contribution in [0.15, 0.2) is 63.8 Å². The van der Waals surface area contributed by atoms with E-state index < -0.39 is 5.97 Å². The lowest BCUT2D eigenvalue weighted by molar-refractivity contribution is -0.438. The second kappa shape index (κ2) is 11.2. The number of unbranched alkanes of at least 4 members (excludes halogenated alkanes) is 2. The number of carbonyl (C=O) groups excluding carboxylic acids is 1. The summed E-state index contributed by atoms with van der Waals surface area (Å²) in [6.07, 6.45) is 6.27. The van der Waals surface area contributed by atoms with Crippen LogP contribution < -0.4 is 15.6 Å². The second-order valence-electron chi connectivity index (χ2n) is 10.1. The Balaban J connectivity index is 1.66. The molecule has 194 valence electrons. The van der Waals surface area contributed by atoms with Gasteiger partial charge in [-0.1, -0.05) is 18.2 Å². The number of hydrogen-bond donors (Lipinski definition) is 0. The number of fused-ring (bicyclic) bond motifs is 2. The monoisotopic (exact) mass is 500 g/mol. The fourth-order valence-electron chi connectivity index (χ4n) is 5.28. The summed E-state index contributed by atoms with van der Waals surface area (Å²) in [6, 6.07) is 16.3. The van der Waals surface area contributed by atoms with Crippen molar-refractivity contribution in [2.45, 2.75) is 58.8 Å². The molecule has 6 heteroatoms. The molecule has 6 nitrogen and oxygen atoms in total. The average Bonchev–Trinajstić information content (AvgIpc) is 3.09. The summed E-state index contributed by atoms with van der Waals surface area (Å²) in [5.74, 6) is -0.999. The Bertz CT molecular complexity index is 1410. The number of carbonyl (C=O) groups is 1. The molecule has 0 saturated carbocycles. The van der Waals surface area contributed by atoms with Crippen LogP contribution in [0.2, 0.25) is 0 Å². The van der Waals surface area contributed by atoms with E-state index in [0.29, 0.717) is 17.6 Å². The van der Waals surface area contributed by atoms with Gasteiger partial charge < -0.3 is 19.2 Å². The van der Waals surface area contributed by atoms with Crippen LogP contribution in [-0.2, 0) is 10.2 Å². The van der Waals surface area contributed by atoms with Gasteiger partial charge in [-0.25, -0.2) is 4.79 Å². The molecule has 0 unspecified atom stereocenters. The normalized spacial score (nSPS) is 14.5. The Kier molecular flexibility index (Phi) is 7.96. The predicted octanol–water partition coefficient (Wildman–Crippen LogP) is 5.04. The minimum absolute atomic E-state index is 0.0900. The van der Waals surface area contributed by atoms with Gasteiger partial charge in [-0.15, -0.1) is 0 Å². The Morgan fingerprint density at radius 2 is 1.78 bits per heavy atom. The molecule has 0 aliphatic carbocycles. The van der Waals surface area contributed by atoms with Crippen LogP contribution in [0.1, 0.15) is 64.5 Å². The molecular formula is C31H36N2O4. The summed E-state index contributed by atoms with van der Waals surface area (Å²) in [5.41, 5.74) is 5.03. The summed E-state index contributed by atoms with van der Waals surface area (Å²) >= 11 is 0. The maximum atomic E-state index is 12.9. The number of anilines is 1. The van der Waals surface area contributed by atoms with Crippen molar-refractivity contribution in [2.24, 2.45) is 0 Å². The van der Waals surface area contributed by atoms with Crippen molar-refractivity contribution in [3.05, 3.63) is 76.2 Å². The maximum Gasteiger partial charge on any atom is 0.343 e. The fourth-order valence-corrected chi connectivity index (χ4v) is 5.28. The number of benzene rings is 2. The van der Waals surface area contributed by atoms with Gasteiger partial charge in [0.25, 0.3) is 0 Å². The second-order valence-corrected chi connectivity index (χ2v) is 10.1. The molecule has 0 N–H and O–H groups in total. The molecule has 0 spiro atoms. The van der Waals surface area contributed by atoms with E-state index in [9.17, 15) is 14.7 Å². The largest absolute Gasteiger partial charge is 0.550 e. The van der Waals surface area contributed by atoms with Crippen molar-refractivity contribution in [1.29, 1.82) is 0 Å². The molecule has 0 atom stereocenters. The summed E-state index contributed by atoms with van der Waals surface area (Å²) in [6.45, 7) is 11.1. The zero-order valence-corrected chi connectivity index (χ0v) is 22.3. The average molecular weight is 501 g/mol. The van der Waals surface area contributed by atoms with E-state index in [1.54, 1.807) is 0 Å². The van der Waals surface area contributed by atoms with Gasteiger partial charge in [0, 0.05) is 60.3 Å². The predicted molar refractivity (Wildman–Crippen MR) is 148 cm³/mol. The van der Waals surface area contributed by atoms with Gasteiger partial charge in [-0.2, -0.15) is 4.58 Å². The molecule has 1 aromatic heterocycles. The lowest BCUT2D eigenvalue weighted by Gasteiger charge is -2.20. The van der Waals surface area contributed by atoms with E-state index in [1.807, 2.05) is 36.4 Å². The molecule has 0 saturated heterocycles. The van der Waals surface area contributed by atoms with Gasteiger partial charge in [0.2, 0.25) is 5.69 Å². The summed E-state index contributed by atoms with van der Waals surface area (Å²) in [4.78, 5) is 25.9. The third-order valence-electron chi connectivity index (χ3n) is 7.36. The first kappa shape index (κ1) is 26.4. The minimum Gasteiger partial charge on any atom is -0.550 e. The highest BCUT2D eigenvalue weighted by atomic mass is 16.4.